The van der Waals surface area contributed by atoms with E-state index >= 15 is 0 Å². The number of hydrogen-bond acceptors (Lipinski definition) is 2. The van der Waals surface area contributed by atoms with Crippen molar-refractivity contribution in [3.63, 3.8) is 0 Å². The quantitative estimate of drug-likeness (QED) is 0.302. The molecule has 0 spiro atoms. The molecule has 0 fully saturated rings. The summed E-state index contributed by atoms with van der Waals surface area (Å²) in [7, 11) is 3.23. The number of hydrogen-bond donors (Lipinski definition) is 0. The minimum atomic E-state index is -4.30. The maximum atomic E-state index is 12.7. The van der Waals surface area contributed by atoms with Crippen molar-refractivity contribution in [2.75, 3.05) is 14.2 Å². The normalized spacial score (nSPS) is 13.8. The second-order valence-electron chi connectivity index (χ2n) is 7.08. The molecule has 1 rings (SSSR count). The molecule has 0 aliphatic carbocycles. The molecule has 26 heavy (non-hydrogen) atoms. The maximum Gasteiger partial charge on any atom is 0.416 e. The van der Waals surface area contributed by atoms with Crippen LogP contribution in [0.5, 0.6) is 0 Å². The van der Waals surface area contributed by atoms with Crippen molar-refractivity contribution in [3.05, 3.63) is 35.4 Å². The van der Waals surface area contributed by atoms with E-state index in [1.807, 2.05) is 6.92 Å². The van der Waals surface area contributed by atoms with Crippen molar-refractivity contribution < 1.29 is 22.6 Å². The smallest absolute Gasteiger partial charge is 0.353 e. The first-order chi connectivity index (χ1) is 12.3. The highest BCUT2D eigenvalue weighted by Crippen LogP contribution is 2.33. The predicted octanol–water partition coefficient (Wildman–Crippen LogP) is 6.62. The van der Waals surface area contributed by atoms with E-state index in [1.165, 1.54) is 25.7 Å². The number of halogens is 3. The largest absolute Gasteiger partial charge is 0.416 e. The SMILES string of the molecule is CCCCCCCCC(Cc1ccc(C(F)(F)F)cc1)C(C)(OC)OC. The van der Waals surface area contributed by atoms with E-state index in [1.54, 1.807) is 26.4 Å². The third kappa shape index (κ3) is 7.28. The van der Waals surface area contributed by atoms with Crippen LogP contribution >= 0.6 is 0 Å². The van der Waals surface area contributed by atoms with Crippen LogP contribution < -0.4 is 0 Å². The van der Waals surface area contributed by atoms with Gasteiger partial charge in [-0.2, -0.15) is 13.2 Å². The van der Waals surface area contributed by atoms with Crippen LogP contribution in [-0.4, -0.2) is 20.0 Å². The summed E-state index contributed by atoms with van der Waals surface area (Å²) in [5.74, 6) is -0.660. The second kappa shape index (κ2) is 10.9. The van der Waals surface area contributed by atoms with Crippen LogP contribution in [0.25, 0.3) is 0 Å². The summed E-state index contributed by atoms with van der Waals surface area (Å²) in [6.45, 7) is 4.10. The third-order valence-corrected chi connectivity index (χ3v) is 5.22. The van der Waals surface area contributed by atoms with Gasteiger partial charge in [-0.3, -0.25) is 0 Å². The first-order valence-electron chi connectivity index (χ1n) is 9.53. The summed E-state index contributed by atoms with van der Waals surface area (Å²) in [6.07, 6.45) is 4.44. The fraction of sp³-hybridized carbons (Fsp3) is 0.714. The molecule has 2 nitrogen and oxygen atoms in total. The molecule has 1 aromatic carbocycles. The zero-order chi connectivity index (χ0) is 19.6. The summed E-state index contributed by atoms with van der Waals surface area (Å²) in [6, 6.07) is 5.41. The van der Waals surface area contributed by atoms with Gasteiger partial charge in [-0.15, -0.1) is 0 Å². The minimum absolute atomic E-state index is 0.0837. The van der Waals surface area contributed by atoms with E-state index in [-0.39, 0.29) is 5.92 Å². The molecule has 1 aromatic rings. The number of alkyl halides is 3. The first kappa shape index (κ1) is 23.0. The predicted molar refractivity (Wildman–Crippen MR) is 99.1 cm³/mol. The van der Waals surface area contributed by atoms with Crippen molar-refractivity contribution >= 4 is 0 Å². The molecule has 1 unspecified atom stereocenters. The molecule has 5 heteroatoms. The lowest BCUT2D eigenvalue weighted by atomic mass is 9.86. The molecular formula is C21H33F3O2. The molecule has 0 saturated heterocycles. The lowest BCUT2D eigenvalue weighted by molar-refractivity contribution is -0.228. The zero-order valence-electron chi connectivity index (χ0n) is 16.5. The van der Waals surface area contributed by atoms with Gasteiger partial charge >= 0.3 is 6.18 Å². The second-order valence-corrected chi connectivity index (χ2v) is 7.08. The van der Waals surface area contributed by atoms with Crippen molar-refractivity contribution in [2.24, 2.45) is 5.92 Å². The topological polar surface area (TPSA) is 18.5 Å². The first-order valence-corrected chi connectivity index (χ1v) is 9.53. The average molecular weight is 374 g/mol. The van der Waals surface area contributed by atoms with Crippen LogP contribution in [-0.2, 0) is 22.1 Å². The van der Waals surface area contributed by atoms with E-state index in [0.717, 1.165) is 37.0 Å². The average Bonchev–Trinajstić information content (AvgIpc) is 2.62. The summed E-state index contributed by atoms with van der Waals surface area (Å²) >= 11 is 0. The van der Waals surface area contributed by atoms with Crippen LogP contribution in [0.4, 0.5) is 13.2 Å². The Morgan fingerprint density at radius 1 is 0.885 bits per heavy atom. The van der Waals surface area contributed by atoms with Crippen LogP contribution in [0.15, 0.2) is 24.3 Å². The highest BCUT2D eigenvalue weighted by atomic mass is 19.4. The van der Waals surface area contributed by atoms with Crippen molar-refractivity contribution in [1.82, 2.24) is 0 Å². The summed E-state index contributed by atoms with van der Waals surface area (Å²) in [4.78, 5) is 0. The number of unbranched alkanes of at least 4 members (excludes halogenated alkanes) is 5. The van der Waals surface area contributed by atoms with Crippen LogP contribution in [0.2, 0.25) is 0 Å². The molecule has 0 amide bonds. The Morgan fingerprint density at radius 2 is 1.42 bits per heavy atom. The number of benzene rings is 1. The summed E-state index contributed by atoms with van der Waals surface area (Å²) < 4.78 is 49.4. The van der Waals surface area contributed by atoms with E-state index in [4.69, 9.17) is 9.47 Å². The van der Waals surface area contributed by atoms with Crippen LogP contribution in [0.1, 0.15) is 69.9 Å². The summed E-state index contributed by atoms with van der Waals surface area (Å²) in [5.41, 5.74) is 0.254. The lowest BCUT2D eigenvalue weighted by Gasteiger charge is -2.35. The molecule has 0 aromatic heterocycles. The molecule has 0 N–H and O–H groups in total. The highest BCUT2D eigenvalue weighted by Gasteiger charge is 2.34. The van der Waals surface area contributed by atoms with Crippen LogP contribution in [0.3, 0.4) is 0 Å². The highest BCUT2D eigenvalue weighted by molar-refractivity contribution is 5.25. The van der Waals surface area contributed by atoms with E-state index in [2.05, 4.69) is 6.92 Å². The standard InChI is InChI=1S/C21H33F3O2/c1-5-6-7-8-9-10-11-19(20(2,25-3)26-4)16-17-12-14-18(15-13-17)21(22,23)24/h12-15,19H,5-11,16H2,1-4H3. The van der Waals surface area contributed by atoms with Crippen molar-refractivity contribution in [3.8, 4) is 0 Å². The zero-order valence-corrected chi connectivity index (χ0v) is 16.5. The Balaban J connectivity index is 2.73. The van der Waals surface area contributed by atoms with Gasteiger partial charge in [-0.1, -0.05) is 57.6 Å². The van der Waals surface area contributed by atoms with Gasteiger partial charge in [-0.25, -0.2) is 0 Å². The van der Waals surface area contributed by atoms with Gasteiger partial charge in [0.05, 0.1) is 5.56 Å². The Bertz CT molecular complexity index is 493. The van der Waals surface area contributed by atoms with Crippen molar-refractivity contribution in [2.45, 2.75) is 77.2 Å². The Labute approximate surface area is 156 Å². The fourth-order valence-corrected chi connectivity index (χ4v) is 3.25. The monoisotopic (exact) mass is 374 g/mol. The van der Waals surface area contributed by atoms with Gasteiger partial charge in [0, 0.05) is 20.1 Å². The molecule has 0 heterocycles. The minimum Gasteiger partial charge on any atom is -0.353 e. The summed E-state index contributed by atoms with van der Waals surface area (Å²) in [5, 5.41) is 0. The number of rotatable bonds is 12. The molecule has 0 radical (unpaired) electrons. The lowest BCUT2D eigenvalue weighted by Crippen LogP contribution is -2.40. The van der Waals surface area contributed by atoms with Gasteiger partial charge in [0.2, 0.25) is 0 Å². The van der Waals surface area contributed by atoms with E-state index in [0.29, 0.717) is 6.42 Å². The van der Waals surface area contributed by atoms with Crippen LogP contribution in [0, 0.1) is 5.92 Å². The van der Waals surface area contributed by atoms with Crippen molar-refractivity contribution in [1.29, 1.82) is 0 Å². The van der Waals surface area contributed by atoms with Gasteiger partial charge in [-0.05, 0) is 37.5 Å². The molecule has 1 atom stereocenters. The molecule has 0 bridgehead atoms. The Hall–Kier alpha value is -1.07. The van der Waals surface area contributed by atoms with E-state index < -0.39 is 17.5 Å². The number of methoxy groups -OCH3 is 2. The van der Waals surface area contributed by atoms with Gasteiger partial charge in [0.15, 0.2) is 5.79 Å². The number of ether oxygens (including phenoxy) is 2. The molecule has 150 valence electrons. The van der Waals surface area contributed by atoms with Gasteiger partial charge < -0.3 is 9.47 Å². The molecular weight excluding hydrogens is 341 g/mol. The van der Waals surface area contributed by atoms with E-state index in [9.17, 15) is 13.2 Å². The van der Waals surface area contributed by atoms with Gasteiger partial charge in [0.25, 0.3) is 0 Å². The molecule has 0 aliphatic heterocycles. The maximum absolute atomic E-state index is 12.7. The Morgan fingerprint density at radius 3 is 1.92 bits per heavy atom. The molecule has 0 saturated carbocycles. The third-order valence-electron chi connectivity index (χ3n) is 5.22. The van der Waals surface area contributed by atoms with Gasteiger partial charge in [0.1, 0.15) is 0 Å². The fourth-order valence-electron chi connectivity index (χ4n) is 3.25. The Kier molecular flexibility index (Phi) is 9.66. The molecule has 0 aliphatic rings.